The van der Waals surface area contributed by atoms with Crippen LogP contribution in [0, 0.1) is 0 Å². The summed E-state index contributed by atoms with van der Waals surface area (Å²) in [6.45, 7) is 3.74. The van der Waals surface area contributed by atoms with Crippen molar-refractivity contribution in [3.8, 4) is 0 Å². The molecule has 2 aromatic rings. The topological polar surface area (TPSA) is 113 Å². The Balaban J connectivity index is 1.91. The van der Waals surface area contributed by atoms with E-state index in [9.17, 15) is 14.4 Å². The number of amides is 4. The molecule has 0 saturated heterocycles. The highest BCUT2D eigenvalue weighted by Crippen LogP contribution is 2.13. The molecule has 7 nitrogen and oxygen atoms in total. The van der Waals surface area contributed by atoms with Gasteiger partial charge < -0.3 is 21.7 Å². The highest BCUT2D eigenvalue weighted by atomic mass is 16.2. The van der Waals surface area contributed by atoms with Gasteiger partial charge in [0.2, 0.25) is 11.8 Å². The third-order valence-electron chi connectivity index (χ3n) is 4.63. The second-order valence-corrected chi connectivity index (χ2v) is 6.94. The van der Waals surface area contributed by atoms with Gasteiger partial charge in [-0.05, 0) is 31.4 Å². The summed E-state index contributed by atoms with van der Waals surface area (Å²) >= 11 is 0. The van der Waals surface area contributed by atoms with Crippen molar-refractivity contribution in [2.75, 3.05) is 0 Å². The highest BCUT2D eigenvalue weighted by Gasteiger charge is 2.23. The van der Waals surface area contributed by atoms with Crippen molar-refractivity contribution in [2.45, 2.75) is 44.8 Å². The number of nitrogens with two attached hydrogens (primary N) is 1. The van der Waals surface area contributed by atoms with Gasteiger partial charge >= 0.3 is 6.03 Å². The van der Waals surface area contributed by atoms with Gasteiger partial charge in [-0.25, -0.2) is 4.79 Å². The van der Waals surface area contributed by atoms with Crippen LogP contribution >= 0.6 is 0 Å². The maximum Gasteiger partial charge on any atom is 0.312 e. The maximum absolute atomic E-state index is 12.6. The lowest BCUT2D eigenvalue weighted by atomic mass is 10.1. The van der Waals surface area contributed by atoms with E-state index in [-0.39, 0.29) is 36.7 Å². The van der Waals surface area contributed by atoms with Crippen LogP contribution in [-0.4, -0.2) is 23.9 Å². The second-order valence-electron chi connectivity index (χ2n) is 6.94. The molecule has 0 spiro atoms. The van der Waals surface area contributed by atoms with E-state index in [1.165, 1.54) is 0 Å². The third kappa shape index (κ3) is 7.29. The van der Waals surface area contributed by atoms with Gasteiger partial charge in [0.05, 0.1) is 12.1 Å². The molecule has 2 aromatic carbocycles. The van der Waals surface area contributed by atoms with E-state index >= 15 is 0 Å². The number of benzene rings is 2. The normalized spacial score (nSPS) is 13.6. The molecule has 1 unspecified atom stereocenters. The zero-order chi connectivity index (χ0) is 21.2. The maximum atomic E-state index is 12.6. The summed E-state index contributed by atoms with van der Waals surface area (Å²) < 4.78 is 0. The molecule has 0 heterocycles. The number of primary amides is 1. The molecule has 0 aliphatic rings. The summed E-state index contributed by atoms with van der Waals surface area (Å²) in [4.78, 5) is 36.2. The number of carbonyl (C=O) groups excluding carboxylic acids is 3. The van der Waals surface area contributed by atoms with E-state index in [0.717, 1.165) is 11.1 Å². The Morgan fingerprint density at radius 1 is 0.793 bits per heavy atom. The first-order chi connectivity index (χ1) is 13.9. The van der Waals surface area contributed by atoms with Crippen LogP contribution in [0.1, 0.15) is 49.9 Å². The number of nitrogens with one attached hydrogen (secondary N) is 3. The summed E-state index contributed by atoms with van der Waals surface area (Å²) in [5.41, 5.74) is 7.13. The average molecular weight is 396 g/mol. The summed E-state index contributed by atoms with van der Waals surface area (Å²) in [6, 6.07) is 17.0. The predicted molar refractivity (Wildman–Crippen MR) is 112 cm³/mol. The molecule has 0 aromatic heterocycles. The molecule has 0 aliphatic heterocycles. The Kier molecular flexibility index (Phi) is 8.21. The summed E-state index contributed by atoms with van der Waals surface area (Å²) in [7, 11) is 0. The minimum Gasteiger partial charge on any atom is -0.352 e. The van der Waals surface area contributed by atoms with Gasteiger partial charge in [0.25, 0.3) is 0 Å². The van der Waals surface area contributed by atoms with Gasteiger partial charge in [-0.3, -0.25) is 9.59 Å². The Labute approximate surface area is 171 Å². The van der Waals surface area contributed by atoms with E-state index in [2.05, 4.69) is 16.0 Å². The fraction of sp³-hybridized carbons (Fsp3) is 0.318. The van der Waals surface area contributed by atoms with Crippen LogP contribution in [0.4, 0.5) is 4.79 Å². The molecule has 7 heteroatoms. The molecule has 154 valence electrons. The first kappa shape index (κ1) is 21.9. The number of urea groups is 1. The van der Waals surface area contributed by atoms with Gasteiger partial charge in [-0.15, -0.1) is 0 Å². The Hall–Kier alpha value is -3.35. The first-order valence-electron chi connectivity index (χ1n) is 9.62. The molecular weight excluding hydrogens is 368 g/mol. The second kappa shape index (κ2) is 10.8. The van der Waals surface area contributed by atoms with Gasteiger partial charge in [0.1, 0.15) is 6.04 Å². The van der Waals surface area contributed by atoms with Crippen molar-refractivity contribution in [3.05, 3.63) is 71.8 Å². The van der Waals surface area contributed by atoms with E-state index < -0.39 is 12.1 Å². The lowest BCUT2D eigenvalue weighted by Crippen LogP contribution is -2.49. The molecular formula is C22H28N4O3. The van der Waals surface area contributed by atoms with Gasteiger partial charge in [0.15, 0.2) is 0 Å². The van der Waals surface area contributed by atoms with Gasteiger partial charge in [0, 0.05) is 6.42 Å². The molecule has 29 heavy (non-hydrogen) atoms. The predicted octanol–water partition coefficient (Wildman–Crippen LogP) is 2.56. The molecule has 0 radical (unpaired) electrons. The van der Waals surface area contributed by atoms with E-state index in [1.807, 2.05) is 74.5 Å². The monoisotopic (exact) mass is 396 g/mol. The molecule has 5 N–H and O–H groups in total. The summed E-state index contributed by atoms with van der Waals surface area (Å²) in [5.74, 6) is -0.592. The van der Waals surface area contributed by atoms with E-state index in [1.54, 1.807) is 0 Å². The standard InChI is InChI=1S/C22H28N4O3/c1-15(17-9-5-3-6-10-17)24-20(27)14-13-19(26-22(23)29)21(28)25-16(2)18-11-7-4-8-12-18/h3-12,15-16,19H,13-14H2,1-2H3,(H,24,27)(H,25,28)(H3,23,26,29)/t15-,16-,19?/m0/s1. The van der Waals surface area contributed by atoms with E-state index in [0.29, 0.717) is 0 Å². The van der Waals surface area contributed by atoms with Crippen molar-refractivity contribution < 1.29 is 14.4 Å². The molecule has 3 atom stereocenters. The van der Waals surface area contributed by atoms with Crippen LogP contribution < -0.4 is 21.7 Å². The lowest BCUT2D eigenvalue weighted by Gasteiger charge is -2.21. The van der Waals surface area contributed by atoms with Crippen molar-refractivity contribution in [1.82, 2.24) is 16.0 Å². The van der Waals surface area contributed by atoms with Crippen molar-refractivity contribution in [2.24, 2.45) is 5.73 Å². The fourth-order valence-electron chi connectivity index (χ4n) is 2.99. The van der Waals surface area contributed by atoms with Crippen molar-refractivity contribution in [1.29, 1.82) is 0 Å². The zero-order valence-corrected chi connectivity index (χ0v) is 16.7. The van der Waals surface area contributed by atoms with Gasteiger partial charge in [-0.2, -0.15) is 0 Å². The number of hydrogen-bond donors (Lipinski definition) is 4. The smallest absolute Gasteiger partial charge is 0.312 e. The molecule has 0 bridgehead atoms. The minimum atomic E-state index is -0.892. The SMILES string of the molecule is C[C@H](NC(=O)CCC(NC(N)=O)C(=O)N[C@@H](C)c1ccccc1)c1ccccc1. The molecule has 0 saturated carbocycles. The van der Waals surface area contributed by atoms with Gasteiger partial charge in [-0.1, -0.05) is 60.7 Å². The summed E-state index contributed by atoms with van der Waals surface area (Å²) in [5, 5.41) is 8.17. The van der Waals surface area contributed by atoms with Crippen LogP contribution in [0.25, 0.3) is 0 Å². The molecule has 2 rings (SSSR count). The number of hydrogen-bond acceptors (Lipinski definition) is 3. The van der Waals surface area contributed by atoms with Crippen molar-refractivity contribution in [3.63, 3.8) is 0 Å². The van der Waals surface area contributed by atoms with Crippen LogP contribution in [-0.2, 0) is 9.59 Å². The third-order valence-corrected chi connectivity index (χ3v) is 4.63. The number of carbonyl (C=O) groups is 3. The Bertz CT molecular complexity index is 811. The minimum absolute atomic E-state index is 0.0786. The highest BCUT2D eigenvalue weighted by molar-refractivity contribution is 5.87. The molecule has 4 amide bonds. The average Bonchev–Trinajstić information content (AvgIpc) is 2.72. The van der Waals surface area contributed by atoms with Crippen LogP contribution in [0.3, 0.4) is 0 Å². The molecule has 0 fully saturated rings. The first-order valence-corrected chi connectivity index (χ1v) is 9.62. The largest absolute Gasteiger partial charge is 0.352 e. The zero-order valence-electron chi connectivity index (χ0n) is 16.7. The summed E-state index contributed by atoms with van der Waals surface area (Å²) in [6.07, 6.45) is 0.221. The quantitative estimate of drug-likeness (QED) is 0.522. The van der Waals surface area contributed by atoms with Crippen LogP contribution in [0.15, 0.2) is 60.7 Å². The number of rotatable bonds is 9. The van der Waals surface area contributed by atoms with E-state index in [4.69, 9.17) is 5.73 Å². The molecule has 0 aliphatic carbocycles. The van der Waals surface area contributed by atoms with Crippen LogP contribution in [0.5, 0.6) is 0 Å². The van der Waals surface area contributed by atoms with Crippen molar-refractivity contribution >= 4 is 17.8 Å². The lowest BCUT2D eigenvalue weighted by molar-refractivity contribution is -0.124. The Morgan fingerprint density at radius 3 is 1.76 bits per heavy atom. The van der Waals surface area contributed by atoms with Crippen LogP contribution in [0.2, 0.25) is 0 Å². The Morgan fingerprint density at radius 2 is 1.28 bits per heavy atom. The fourth-order valence-corrected chi connectivity index (χ4v) is 2.99.